The van der Waals surface area contributed by atoms with Crippen LogP contribution in [0.3, 0.4) is 0 Å². The molecule has 0 aliphatic heterocycles. The van der Waals surface area contributed by atoms with Gasteiger partial charge in [-0.1, -0.05) is 115 Å². The van der Waals surface area contributed by atoms with Gasteiger partial charge >= 0.3 is 6.18 Å². The fourth-order valence-electron chi connectivity index (χ4n) is 7.86. The van der Waals surface area contributed by atoms with Crippen molar-refractivity contribution in [1.82, 2.24) is 19.5 Å². The number of para-hydroxylation sites is 2. The molecule has 0 radical (unpaired) electrons. The predicted octanol–water partition coefficient (Wildman–Crippen LogP) is 13.3. The lowest BCUT2D eigenvalue weighted by Gasteiger charge is -2.18. The third kappa shape index (κ3) is 4.90. The molecule has 0 fully saturated rings. The first-order valence-electron chi connectivity index (χ1n) is 17.7. The second-order valence-electron chi connectivity index (χ2n) is 13.5. The molecule has 4 heterocycles. The van der Waals surface area contributed by atoms with Gasteiger partial charge in [-0.25, -0.2) is 15.0 Å². The minimum absolute atomic E-state index is 0.0882. The molecule has 262 valence electrons. The topological polar surface area (TPSA) is 56.7 Å². The fourth-order valence-corrected chi connectivity index (χ4v) is 8.98. The Morgan fingerprint density at radius 1 is 0.509 bits per heavy atom. The summed E-state index contributed by atoms with van der Waals surface area (Å²) in [5, 5.41) is 5.01. The maximum atomic E-state index is 15.9. The monoisotopic (exact) mass is 738 g/mol. The Bertz CT molecular complexity index is 3250. The van der Waals surface area contributed by atoms with Gasteiger partial charge in [0, 0.05) is 58.4 Å². The smallest absolute Gasteiger partial charge is 0.418 e. The predicted molar refractivity (Wildman–Crippen MR) is 216 cm³/mol. The van der Waals surface area contributed by atoms with Gasteiger partial charge in [0.15, 0.2) is 23.1 Å². The summed E-state index contributed by atoms with van der Waals surface area (Å²) in [5.41, 5.74) is 2.49. The molecule has 55 heavy (non-hydrogen) atoms. The van der Waals surface area contributed by atoms with Crippen LogP contribution in [0.15, 0.2) is 156 Å². The van der Waals surface area contributed by atoms with Crippen LogP contribution in [0.4, 0.5) is 13.2 Å². The van der Waals surface area contributed by atoms with E-state index < -0.39 is 11.7 Å². The third-order valence-corrected chi connectivity index (χ3v) is 11.4. The molecule has 0 spiro atoms. The lowest BCUT2D eigenvalue weighted by molar-refractivity contribution is -0.137. The number of nitrogens with zero attached hydrogens (tertiary/aromatic N) is 4. The Morgan fingerprint density at radius 2 is 1.11 bits per heavy atom. The standard InChI is InChI=1S/C46H25F3N4OS/c47-46(48,49)34-24-33(45-51-43(26-13-3-1-4-14-26)50-44(52-45)27-15-5-2-6-16-27)40-30-19-8-11-21-37(30)54-42(40)41(34)53-35-20-10-7-17-28(35)31-23-32-29-18-9-12-22-38(29)55-39(32)25-36(31)53/h1-25H. The summed E-state index contributed by atoms with van der Waals surface area (Å²) in [6.07, 6.45) is -4.80. The van der Waals surface area contributed by atoms with Gasteiger partial charge < -0.3 is 8.98 Å². The Hall–Kier alpha value is -6.84. The Morgan fingerprint density at radius 3 is 1.82 bits per heavy atom. The molecule has 0 unspecified atom stereocenters. The van der Waals surface area contributed by atoms with Crippen molar-refractivity contribution in [2.45, 2.75) is 6.18 Å². The van der Waals surface area contributed by atoms with Gasteiger partial charge in [0.05, 0.1) is 16.6 Å². The minimum Gasteiger partial charge on any atom is -0.454 e. The van der Waals surface area contributed by atoms with Gasteiger partial charge in [-0.2, -0.15) is 13.2 Å². The van der Waals surface area contributed by atoms with E-state index in [0.717, 1.165) is 30.9 Å². The van der Waals surface area contributed by atoms with Crippen LogP contribution in [0.5, 0.6) is 0 Å². The highest BCUT2D eigenvalue weighted by molar-refractivity contribution is 7.25. The number of hydrogen-bond acceptors (Lipinski definition) is 5. The number of furan rings is 1. The molecular weight excluding hydrogens is 714 g/mol. The van der Waals surface area contributed by atoms with E-state index in [1.54, 1.807) is 22.0 Å². The third-order valence-electron chi connectivity index (χ3n) is 10.3. The second-order valence-corrected chi connectivity index (χ2v) is 14.6. The molecule has 11 rings (SSSR count). The normalized spacial score (nSPS) is 12.3. The number of benzene rings is 7. The molecule has 0 bridgehead atoms. The van der Waals surface area contributed by atoms with Gasteiger partial charge in [-0.05, 0) is 36.4 Å². The molecule has 0 saturated carbocycles. The number of alkyl halides is 3. The van der Waals surface area contributed by atoms with Crippen LogP contribution in [0, 0.1) is 0 Å². The summed E-state index contributed by atoms with van der Waals surface area (Å²) >= 11 is 1.62. The van der Waals surface area contributed by atoms with Gasteiger partial charge in [0.25, 0.3) is 0 Å². The van der Waals surface area contributed by atoms with Crippen molar-refractivity contribution in [2.75, 3.05) is 0 Å². The molecule has 0 atom stereocenters. The Labute approximate surface area is 314 Å². The van der Waals surface area contributed by atoms with Crippen LogP contribution in [-0.2, 0) is 6.18 Å². The second kappa shape index (κ2) is 11.8. The summed E-state index contributed by atoms with van der Waals surface area (Å²) in [6, 6.07) is 47.2. The van der Waals surface area contributed by atoms with E-state index in [2.05, 4.69) is 18.2 Å². The van der Waals surface area contributed by atoms with E-state index in [-0.39, 0.29) is 22.7 Å². The van der Waals surface area contributed by atoms with Crippen LogP contribution >= 0.6 is 11.3 Å². The molecule has 4 aromatic heterocycles. The first-order chi connectivity index (χ1) is 26.9. The molecule has 0 N–H and O–H groups in total. The average Bonchev–Trinajstić information content (AvgIpc) is 3.89. The zero-order valence-corrected chi connectivity index (χ0v) is 29.5. The van der Waals surface area contributed by atoms with Gasteiger partial charge in [0.1, 0.15) is 11.3 Å². The van der Waals surface area contributed by atoms with Crippen molar-refractivity contribution in [3.63, 3.8) is 0 Å². The summed E-state index contributed by atoms with van der Waals surface area (Å²) in [4.78, 5) is 14.5. The number of halogens is 3. The number of aromatic nitrogens is 4. The highest BCUT2D eigenvalue weighted by atomic mass is 32.1. The van der Waals surface area contributed by atoms with E-state index >= 15 is 13.2 Å². The van der Waals surface area contributed by atoms with E-state index in [1.165, 1.54) is 6.07 Å². The largest absolute Gasteiger partial charge is 0.454 e. The summed E-state index contributed by atoms with van der Waals surface area (Å²) in [5.74, 6) is 0.797. The van der Waals surface area contributed by atoms with E-state index in [9.17, 15) is 0 Å². The lowest BCUT2D eigenvalue weighted by Crippen LogP contribution is -2.12. The number of rotatable bonds is 4. The molecule has 7 aromatic carbocycles. The first kappa shape index (κ1) is 31.7. The Balaban J connectivity index is 1.29. The number of thiophene rings is 1. The Kier molecular flexibility index (Phi) is 6.81. The van der Waals surface area contributed by atoms with Crippen LogP contribution in [0.25, 0.3) is 104 Å². The minimum atomic E-state index is -4.80. The van der Waals surface area contributed by atoms with Crippen molar-refractivity contribution in [2.24, 2.45) is 0 Å². The zero-order chi connectivity index (χ0) is 36.8. The maximum absolute atomic E-state index is 15.9. The van der Waals surface area contributed by atoms with Crippen LogP contribution in [0.2, 0.25) is 0 Å². The van der Waals surface area contributed by atoms with E-state index in [4.69, 9.17) is 19.4 Å². The molecule has 11 aromatic rings. The molecule has 0 aliphatic carbocycles. The van der Waals surface area contributed by atoms with Crippen LogP contribution < -0.4 is 0 Å². The van der Waals surface area contributed by atoms with Crippen LogP contribution in [-0.4, -0.2) is 19.5 Å². The first-order valence-corrected chi connectivity index (χ1v) is 18.5. The number of hydrogen-bond donors (Lipinski definition) is 0. The molecule has 0 saturated heterocycles. The molecular formula is C46H25F3N4OS. The highest BCUT2D eigenvalue weighted by Crippen LogP contribution is 2.49. The molecule has 9 heteroatoms. The van der Waals surface area contributed by atoms with Crippen molar-refractivity contribution < 1.29 is 17.6 Å². The zero-order valence-electron chi connectivity index (χ0n) is 28.7. The molecule has 5 nitrogen and oxygen atoms in total. The van der Waals surface area contributed by atoms with Gasteiger partial charge in [0.2, 0.25) is 0 Å². The van der Waals surface area contributed by atoms with Crippen molar-refractivity contribution in [3.8, 4) is 39.9 Å². The lowest BCUT2D eigenvalue weighted by atomic mass is 9.99. The van der Waals surface area contributed by atoms with Gasteiger partial charge in [-0.15, -0.1) is 11.3 Å². The summed E-state index contributed by atoms with van der Waals surface area (Å²) in [6.45, 7) is 0. The maximum Gasteiger partial charge on any atom is 0.418 e. The molecule has 0 amide bonds. The average molecular weight is 739 g/mol. The van der Waals surface area contributed by atoms with Gasteiger partial charge in [-0.3, -0.25) is 0 Å². The SMILES string of the molecule is FC(F)(F)c1cc(-c2nc(-c3ccccc3)nc(-c3ccccc3)n2)c2c(oc3ccccc32)c1-n1c2ccccc2c2cc3c(cc21)sc1ccccc13. The van der Waals surface area contributed by atoms with Crippen molar-refractivity contribution in [1.29, 1.82) is 0 Å². The quantitative estimate of drug-likeness (QED) is 0.180. The van der Waals surface area contributed by atoms with Crippen molar-refractivity contribution in [3.05, 3.63) is 157 Å². The summed E-state index contributed by atoms with van der Waals surface area (Å²) < 4.78 is 58.1. The highest BCUT2D eigenvalue weighted by Gasteiger charge is 2.39. The summed E-state index contributed by atoms with van der Waals surface area (Å²) in [7, 11) is 0. The van der Waals surface area contributed by atoms with E-state index in [0.29, 0.717) is 50.2 Å². The number of fused-ring (bicyclic) bond motifs is 9. The van der Waals surface area contributed by atoms with Crippen molar-refractivity contribution >= 4 is 75.3 Å². The van der Waals surface area contributed by atoms with E-state index in [1.807, 2.05) is 121 Å². The fraction of sp³-hybridized carbons (Fsp3) is 0.0217. The molecule has 0 aliphatic rings. The van der Waals surface area contributed by atoms with Crippen LogP contribution in [0.1, 0.15) is 5.56 Å².